The van der Waals surface area contributed by atoms with Gasteiger partial charge in [-0.1, -0.05) is 12.1 Å². The van der Waals surface area contributed by atoms with Gasteiger partial charge in [-0.3, -0.25) is 0 Å². The van der Waals surface area contributed by atoms with E-state index in [1.54, 1.807) is 13.0 Å². The Bertz CT molecular complexity index is 476. The summed E-state index contributed by atoms with van der Waals surface area (Å²) in [6.45, 7) is 1.80. The van der Waals surface area contributed by atoms with Crippen LogP contribution in [0.5, 0.6) is 5.75 Å². The zero-order valence-electron chi connectivity index (χ0n) is 7.42. The molecule has 1 nitrogen and oxygen atoms in total. The van der Waals surface area contributed by atoms with E-state index in [-0.39, 0.29) is 11.3 Å². The van der Waals surface area contributed by atoms with Gasteiger partial charge in [-0.05, 0) is 12.5 Å². The second-order valence-corrected chi connectivity index (χ2v) is 3.98. The standard InChI is InChI=1S/C10H8F2OS/c1-5-2-3-6(10(11)12)9-8(5)7(13)4-14-9/h2-4,10,13H,1H3. The maximum Gasteiger partial charge on any atom is 0.265 e. The van der Waals surface area contributed by atoms with Gasteiger partial charge in [-0.2, -0.15) is 0 Å². The van der Waals surface area contributed by atoms with Crippen LogP contribution >= 0.6 is 11.3 Å². The molecule has 0 aliphatic rings. The fraction of sp³-hybridized carbons (Fsp3) is 0.200. The molecule has 0 saturated carbocycles. The van der Waals surface area contributed by atoms with Crippen LogP contribution in [0.15, 0.2) is 17.5 Å². The van der Waals surface area contributed by atoms with E-state index in [4.69, 9.17) is 0 Å². The molecule has 0 unspecified atom stereocenters. The van der Waals surface area contributed by atoms with Crippen molar-refractivity contribution in [3.05, 3.63) is 28.6 Å². The number of hydrogen-bond acceptors (Lipinski definition) is 2. The Morgan fingerprint density at radius 2 is 2.07 bits per heavy atom. The molecule has 1 aromatic carbocycles. The minimum atomic E-state index is -2.49. The first-order valence-electron chi connectivity index (χ1n) is 4.09. The van der Waals surface area contributed by atoms with Crippen molar-refractivity contribution in [3.8, 4) is 5.75 Å². The monoisotopic (exact) mass is 214 g/mol. The minimum Gasteiger partial charge on any atom is -0.506 e. The number of halogens is 2. The molecule has 2 rings (SSSR count). The van der Waals surface area contributed by atoms with E-state index in [0.717, 1.165) is 16.9 Å². The number of benzene rings is 1. The van der Waals surface area contributed by atoms with Crippen LogP contribution in [-0.2, 0) is 0 Å². The highest BCUT2D eigenvalue weighted by Crippen LogP contribution is 2.39. The lowest BCUT2D eigenvalue weighted by Gasteiger charge is -2.03. The summed E-state index contributed by atoms with van der Waals surface area (Å²) in [7, 11) is 0. The zero-order chi connectivity index (χ0) is 10.3. The van der Waals surface area contributed by atoms with Crippen LogP contribution in [0.2, 0.25) is 0 Å². The van der Waals surface area contributed by atoms with E-state index < -0.39 is 6.43 Å². The highest BCUT2D eigenvalue weighted by molar-refractivity contribution is 7.17. The number of aryl methyl sites for hydroxylation is 1. The first kappa shape index (κ1) is 9.40. The van der Waals surface area contributed by atoms with E-state index in [9.17, 15) is 13.9 Å². The molecular weight excluding hydrogens is 206 g/mol. The van der Waals surface area contributed by atoms with Gasteiger partial charge in [0.25, 0.3) is 6.43 Å². The van der Waals surface area contributed by atoms with Crippen molar-refractivity contribution in [2.45, 2.75) is 13.3 Å². The van der Waals surface area contributed by atoms with Crippen LogP contribution in [-0.4, -0.2) is 5.11 Å². The third-order valence-electron chi connectivity index (χ3n) is 2.18. The Balaban J connectivity index is 2.83. The van der Waals surface area contributed by atoms with Crippen molar-refractivity contribution in [1.29, 1.82) is 0 Å². The first-order valence-corrected chi connectivity index (χ1v) is 4.97. The largest absolute Gasteiger partial charge is 0.506 e. The molecule has 14 heavy (non-hydrogen) atoms. The molecule has 0 fully saturated rings. The lowest BCUT2D eigenvalue weighted by Crippen LogP contribution is -1.85. The molecule has 0 aliphatic carbocycles. The van der Waals surface area contributed by atoms with Crippen LogP contribution < -0.4 is 0 Å². The maximum absolute atomic E-state index is 12.6. The molecular formula is C10H8F2OS. The molecule has 1 N–H and O–H groups in total. The van der Waals surface area contributed by atoms with Crippen LogP contribution in [0.1, 0.15) is 17.6 Å². The molecule has 2 aromatic rings. The van der Waals surface area contributed by atoms with E-state index in [1.807, 2.05) is 0 Å². The number of hydrogen-bond donors (Lipinski definition) is 1. The molecule has 1 heterocycles. The fourth-order valence-electron chi connectivity index (χ4n) is 1.49. The molecule has 0 aliphatic heterocycles. The van der Waals surface area contributed by atoms with Gasteiger partial charge in [0, 0.05) is 21.0 Å². The minimum absolute atomic E-state index is 0.00380. The Morgan fingerprint density at radius 1 is 1.36 bits per heavy atom. The van der Waals surface area contributed by atoms with Crippen molar-refractivity contribution in [2.75, 3.05) is 0 Å². The SMILES string of the molecule is Cc1ccc(C(F)F)c2scc(O)c12. The summed E-state index contributed by atoms with van der Waals surface area (Å²) < 4.78 is 25.6. The van der Waals surface area contributed by atoms with Crippen LogP contribution in [0.25, 0.3) is 10.1 Å². The Kier molecular flexibility index (Phi) is 2.15. The number of thiophene rings is 1. The summed E-state index contributed by atoms with van der Waals surface area (Å²) in [5.41, 5.74) is 0.819. The summed E-state index contributed by atoms with van der Waals surface area (Å²) in [6.07, 6.45) is -2.49. The predicted octanol–water partition coefficient (Wildman–Crippen LogP) is 3.85. The van der Waals surface area contributed by atoms with Gasteiger partial charge in [-0.25, -0.2) is 8.78 Å². The van der Waals surface area contributed by atoms with Crippen molar-refractivity contribution in [1.82, 2.24) is 0 Å². The highest BCUT2D eigenvalue weighted by Gasteiger charge is 2.15. The topological polar surface area (TPSA) is 20.2 Å². The molecule has 4 heteroatoms. The van der Waals surface area contributed by atoms with E-state index in [0.29, 0.717) is 10.1 Å². The summed E-state index contributed by atoms with van der Waals surface area (Å²) in [4.78, 5) is 0. The van der Waals surface area contributed by atoms with Gasteiger partial charge in [0.2, 0.25) is 0 Å². The number of aromatic hydroxyl groups is 1. The molecule has 0 spiro atoms. The number of alkyl halides is 2. The Morgan fingerprint density at radius 3 is 2.71 bits per heavy atom. The van der Waals surface area contributed by atoms with Crippen molar-refractivity contribution in [3.63, 3.8) is 0 Å². The predicted molar refractivity (Wildman–Crippen MR) is 53.2 cm³/mol. The Labute approximate surface area is 83.6 Å². The van der Waals surface area contributed by atoms with Gasteiger partial charge in [0.05, 0.1) is 0 Å². The lowest BCUT2D eigenvalue weighted by molar-refractivity contribution is 0.153. The molecule has 0 radical (unpaired) electrons. The van der Waals surface area contributed by atoms with Crippen molar-refractivity contribution < 1.29 is 13.9 Å². The highest BCUT2D eigenvalue weighted by atomic mass is 32.1. The van der Waals surface area contributed by atoms with Crippen LogP contribution in [0.4, 0.5) is 8.78 Å². The third kappa shape index (κ3) is 1.26. The molecule has 0 amide bonds. The summed E-state index contributed by atoms with van der Waals surface area (Å²) in [6, 6.07) is 3.02. The second kappa shape index (κ2) is 3.20. The molecule has 0 atom stereocenters. The van der Waals surface area contributed by atoms with Gasteiger partial charge in [0.1, 0.15) is 5.75 Å². The summed E-state index contributed by atoms with van der Waals surface area (Å²) in [5, 5.41) is 11.5. The van der Waals surface area contributed by atoms with Crippen molar-refractivity contribution >= 4 is 21.4 Å². The van der Waals surface area contributed by atoms with Gasteiger partial charge in [0.15, 0.2) is 0 Å². The number of fused-ring (bicyclic) bond motifs is 1. The van der Waals surface area contributed by atoms with E-state index in [1.165, 1.54) is 11.4 Å². The van der Waals surface area contributed by atoms with E-state index >= 15 is 0 Å². The Hall–Kier alpha value is -1.16. The molecule has 0 saturated heterocycles. The number of rotatable bonds is 1. The normalized spacial score (nSPS) is 11.4. The quantitative estimate of drug-likeness (QED) is 0.764. The average molecular weight is 214 g/mol. The van der Waals surface area contributed by atoms with Crippen LogP contribution in [0, 0.1) is 6.92 Å². The summed E-state index contributed by atoms with van der Waals surface area (Å²) in [5.74, 6) is 0.0880. The zero-order valence-corrected chi connectivity index (χ0v) is 8.24. The second-order valence-electron chi connectivity index (χ2n) is 3.10. The van der Waals surface area contributed by atoms with Crippen LogP contribution in [0.3, 0.4) is 0 Å². The third-order valence-corrected chi connectivity index (χ3v) is 3.19. The van der Waals surface area contributed by atoms with E-state index in [2.05, 4.69) is 0 Å². The lowest BCUT2D eigenvalue weighted by atomic mass is 10.1. The first-order chi connectivity index (χ1) is 6.61. The molecule has 0 bridgehead atoms. The average Bonchev–Trinajstić information content (AvgIpc) is 2.49. The fourth-order valence-corrected chi connectivity index (χ4v) is 2.51. The van der Waals surface area contributed by atoms with Crippen molar-refractivity contribution in [2.24, 2.45) is 0 Å². The summed E-state index contributed by atoms with van der Waals surface area (Å²) >= 11 is 1.15. The van der Waals surface area contributed by atoms with Gasteiger partial charge in [-0.15, -0.1) is 11.3 Å². The smallest absolute Gasteiger partial charge is 0.265 e. The van der Waals surface area contributed by atoms with Gasteiger partial charge >= 0.3 is 0 Å². The maximum atomic E-state index is 12.6. The van der Waals surface area contributed by atoms with Gasteiger partial charge < -0.3 is 5.11 Å². The molecule has 1 aromatic heterocycles. The molecule has 74 valence electrons.